The number of hydrogen-bond acceptors (Lipinski definition) is 7. The van der Waals surface area contributed by atoms with Gasteiger partial charge in [-0.05, 0) is 36.8 Å². The molecule has 164 valence electrons. The van der Waals surface area contributed by atoms with Crippen LogP contribution in [0.5, 0.6) is 5.88 Å². The SMILES string of the molecule is O=S(=O)(c1ccc(F)cc1)N1CC[C@@H](Oc2ccc(-c3noc(C(F)(F)F)n3)cn2)C1. The van der Waals surface area contributed by atoms with Crippen LogP contribution in [0.3, 0.4) is 0 Å². The molecule has 0 unspecified atom stereocenters. The van der Waals surface area contributed by atoms with Crippen LogP contribution < -0.4 is 4.74 Å². The van der Waals surface area contributed by atoms with Gasteiger partial charge in [0, 0.05) is 24.4 Å². The average Bonchev–Trinajstić information content (AvgIpc) is 3.39. The Morgan fingerprint density at radius 3 is 2.48 bits per heavy atom. The zero-order valence-electron chi connectivity index (χ0n) is 15.6. The molecule has 4 rings (SSSR count). The Morgan fingerprint density at radius 2 is 1.87 bits per heavy atom. The lowest BCUT2D eigenvalue weighted by Crippen LogP contribution is -2.31. The lowest BCUT2D eigenvalue weighted by Gasteiger charge is -2.17. The van der Waals surface area contributed by atoms with Crippen molar-refractivity contribution in [3.8, 4) is 17.3 Å². The molecule has 2 aromatic heterocycles. The van der Waals surface area contributed by atoms with Crippen LogP contribution in [0.2, 0.25) is 0 Å². The first-order valence-electron chi connectivity index (χ1n) is 8.92. The summed E-state index contributed by atoms with van der Waals surface area (Å²) >= 11 is 0. The number of rotatable bonds is 5. The molecule has 0 spiro atoms. The highest BCUT2D eigenvalue weighted by Gasteiger charge is 2.38. The minimum Gasteiger partial charge on any atom is -0.473 e. The molecule has 1 fully saturated rings. The number of aromatic nitrogens is 3. The number of ether oxygens (including phenoxy) is 1. The van der Waals surface area contributed by atoms with Gasteiger partial charge in [-0.25, -0.2) is 17.8 Å². The van der Waals surface area contributed by atoms with Crippen LogP contribution in [0, 0.1) is 5.82 Å². The van der Waals surface area contributed by atoms with E-state index in [0.717, 1.165) is 12.1 Å². The fraction of sp³-hybridized carbons (Fsp3) is 0.278. The summed E-state index contributed by atoms with van der Waals surface area (Å²) in [5.41, 5.74) is 0.193. The molecule has 1 aliphatic rings. The van der Waals surface area contributed by atoms with Crippen LogP contribution >= 0.6 is 0 Å². The summed E-state index contributed by atoms with van der Waals surface area (Å²) in [5.74, 6) is -2.11. The Bertz CT molecular complexity index is 1160. The molecule has 1 aliphatic heterocycles. The number of sulfonamides is 1. The first-order chi connectivity index (χ1) is 14.6. The number of benzene rings is 1. The van der Waals surface area contributed by atoms with E-state index in [4.69, 9.17) is 4.74 Å². The number of halogens is 4. The number of nitrogens with zero attached hydrogens (tertiary/aromatic N) is 4. The largest absolute Gasteiger partial charge is 0.473 e. The fourth-order valence-corrected chi connectivity index (χ4v) is 4.46. The summed E-state index contributed by atoms with van der Waals surface area (Å²) < 4.78 is 87.1. The van der Waals surface area contributed by atoms with Crippen molar-refractivity contribution >= 4 is 10.0 Å². The van der Waals surface area contributed by atoms with Gasteiger partial charge in [0.2, 0.25) is 21.7 Å². The summed E-state index contributed by atoms with van der Waals surface area (Å²) in [6, 6.07) is 7.36. The monoisotopic (exact) mass is 458 g/mol. The van der Waals surface area contributed by atoms with E-state index in [2.05, 4.69) is 19.6 Å². The molecule has 0 saturated carbocycles. The van der Waals surface area contributed by atoms with Crippen LogP contribution in [0.25, 0.3) is 11.4 Å². The molecule has 3 aromatic rings. The van der Waals surface area contributed by atoms with Crippen molar-refractivity contribution in [3.63, 3.8) is 0 Å². The number of alkyl halides is 3. The summed E-state index contributed by atoms with van der Waals surface area (Å²) in [6.45, 7) is 0.286. The van der Waals surface area contributed by atoms with Crippen LogP contribution in [0.1, 0.15) is 12.3 Å². The molecule has 3 heterocycles. The Balaban J connectivity index is 1.40. The third-order valence-corrected chi connectivity index (χ3v) is 6.39. The van der Waals surface area contributed by atoms with E-state index in [9.17, 15) is 26.0 Å². The van der Waals surface area contributed by atoms with E-state index in [0.29, 0.717) is 6.42 Å². The van der Waals surface area contributed by atoms with Gasteiger partial charge >= 0.3 is 12.1 Å². The van der Waals surface area contributed by atoms with Gasteiger partial charge in [0.25, 0.3) is 0 Å². The standard InChI is InChI=1S/C18H14F4N4O4S/c19-12-2-4-14(5-3-12)31(27,28)26-8-7-13(10-26)29-15-6-1-11(9-23-15)16-24-17(30-25-16)18(20,21)22/h1-6,9,13H,7-8,10H2/t13-/m1/s1. The Labute approximate surface area is 173 Å². The molecule has 31 heavy (non-hydrogen) atoms. The van der Waals surface area contributed by atoms with Gasteiger partial charge in [0.15, 0.2) is 0 Å². The van der Waals surface area contributed by atoms with Gasteiger partial charge in [-0.3, -0.25) is 0 Å². The molecule has 0 aliphatic carbocycles. The van der Waals surface area contributed by atoms with Crippen molar-refractivity contribution in [2.45, 2.75) is 23.6 Å². The van der Waals surface area contributed by atoms with E-state index in [1.165, 1.54) is 34.8 Å². The average molecular weight is 458 g/mol. The predicted molar refractivity (Wildman–Crippen MR) is 96.7 cm³/mol. The maximum atomic E-state index is 13.0. The second-order valence-corrected chi connectivity index (χ2v) is 8.59. The molecular formula is C18H14F4N4O4S. The molecule has 1 aromatic carbocycles. The Kier molecular flexibility index (Phi) is 5.39. The molecule has 0 amide bonds. The van der Waals surface area contributed by atoms with Crippen LogP contribution in [-0.2, 0) is 16.2 Å². The summed E-state index contributed by atoms with van der Waals surface area (Å²) in [4.78, 5) is 7.27. The van der Waals surface area contributed by atoms with Gasteiger partial charge in [0.05, 0.1) is 11.4 Å². The lowest BCUT2D eigenvalue weighted by molar-refractivity contribution is -0.159. The molecule has 0 N–H and O–H groups in total. The van der Waals surface area contributed by atoms with E-state index >= 15 is 0 Å². The zero-order valence-corrected chi connectivity index (χ0v) is 16.4. The second kappa shape index (κ2) is 7.89. The molecule has 1 saturated heterocycles. The van der Waals surface area contributed by atoms with E-state index < -0.39 is 34.0 Å². The highest BCUT2D eigenvalue weighted by molar-refractivity contribution is 7.89. The minimum atomic E-state index is -4.75. The minimum absolute atomic E-state index is 0.0182. The van der Waals surface area contributed by atoms with Crippen molar-refractivity contribution in [2.75, 3.05) is 13.1 Å². The first-order valence-corrected chi connectivity index (χ1v) is 10.4. The highest BCUT2D eigenvalue weighted by Crippen LogP contribution is 2.30. The fourth-order valence-electron chi connectivity index (χ4n) is 2.98. The number of hydrogen-bond donors (Lipinski definition) is 0. The zero-order chi connectivity index (χ0) is 22.2. The molecule has 8 nitrogen and oxygen atoms in total. The highest BCUT2D eigenvalue weighted by atomic mass is 32.2. The van der Waals surface area contributed by atoms with Gasteiger partial charge in [-0.1, -0.05) is 5.16 Å². The van der Waals surface area contributed by atoms with Crippen LogP contribution in [-0.4, -0.2) is 47.0 Å². The van der Waals surface area contributed by atoms with Crippen LogP contribution in [0.4, 0.5) is 17.6 Å². The van der Waals surface area contributed by atoms with E-state index in [1.54, 1.807) is 0 Å². The second-order valence-electron chi connectivity index (χ2n) is 6.65. The van der Waals surface area contributed by atoms with Crippen molar-refractivity contribution < 1.29 is 35.2 Å². The van der Waals surface area contributed by atoms with E-state index in [-0.39, 0.29) is 35.3 Å². The summed E-state index contributed by atoms with van der Waals surface area (Å²) in [7, 11) is -3.79. The van der Waals surface area contributed by atoms with Crippen molar-refractivity contribution in [1.29, 1.82) is 0 Å². The normalized spacial score (nSPS) is 17.7. The molecular weight excluding hydrogens is 444 g/mol. The lowest BCUT2D eigenvalue weighted by atomic mass is 10.2. The molecule has 0 bridgehead atoms. The quantitative estimate of drug-likeness (QED) is 0.542. The van der Waals surface area contributed by atoms with Gasteiger partial charge in [-0.15, -0.1) is 0 Å². The third kappa shape index (κ3) is 4.51. The maximum absolute atomic E-state index is 13.0. The van der Waals surface area contributed by atoms with Crippen molar-refractivity contribution in [2.24, 2.45) is 0 Å². The maximum Gasteiger partial charge on any atom is 0.471 e. The van der Waals surface area contributed by atoms with Crippen molar-refractivity contribution in [3.05, 3.63) is 54.3 Å². The van der Waals surface area contributed by atoms with Gasteiger partial charge in [-0.2, -0.15) is 22.5 Å². The Morgan fingerprint density at radius 1 is 1.13 bits per heavy atom. The van der Waals surface area contributed by atoms with Gasteiger partial charge in [0.1, 0.15) is 11.9 Å². The predicted octanol–water partition coefficient (Wildman–Crippen LogP) is 3.13. The smallest absolute Gasteiger partial charge is 0.471 e. The number of pyridine rings is 1. The third-order valence-electron chi connectivity index (χ3n) is 4.51. The Hall–Kier alpha value is -3.06. The molecule has 13 heteroatoms. The summed E-state index contributed by atoms with van der Waals surface area (Å²) in [6.07, 6.45) is -3.59. The summed E-state index contributed by atoms with van der Waals surface area (Å²) in [5, 5.41) is 3.27. The van der Waals surface area contributed by atoms with Crippen LogP contribution in [0.15, 0.2) is 52.0 Å². The molecule has 0 radical (unpaired) electrons. The van der Waals surface area contributed by atoms with Gasteiger partial charge < -0.3 is 9.26 Å². The first kappa shape index (κ1) is 21.2. The molecule has 1 atom stereocenters. The van der Waals surface area contributed by atoms with E-state index in [1.807, 2.05) is 0 Å². The van der Waals surface area contributed by atoms with Crippen molar-refractivity contribution in [1.82, 2.24) is 19.4 Å². The topological polar surface area (TPSA) is 98.4 Å².